The van der Waals surface area contributed by atoms with Gasteiger partial charge in [-0.2, -0.15) is 0 Å². The maximum Gasteiger partial charge on any atom is 0.216 e. The predicted molar refractivity (Wildman–Crippen MR) is 77.5 cm³/mol. The van der Waals surface area contributed by atoms with Crippen molar-refractivity contribution >= 4 is 5.90 Å². The van der Waals surface area contributed by atoms with Crippen molar-refractivity contribution in [3.63, 3.8) is 0 Å². The average molecular weight is 251 g/mol. The lowest BCUT2D eigenvalue weighted by Crippen LogP contribution is -2.22. The molecule has 2 aromatic rings. The third-order valence-corrected chi connectivity index (χ3v) is 3.42. The van der Waals surface area contributed by atoms with E-state index < -0.39 is 0 Å². The minimum atomic E-state index is 0.137. The standard InChI is InChI=1S/C17H17NO/c1-13-16(12-14-8-4-2-5-9-14)19-17(18-13)15-10-6-3-7-11-15/h2-11,13,16H,12H2,1H3/t13-,16-/m0/s1. The fraction of sp³-hybridized carbons (Fsp3) is 0.235. The molecule has 0 radical (unpaired) electrons. The molecule has 19 heavy (non-hydrogen) atoms. The molecule has 0 N–H and O–H groups in total. The molecule has 0 bridgehead atoms. The van der Waals surface area contributed by atoms with E-state index in [-0.39, 0.29) is 12.1 Å². The van der Waals surface area contributed by atoms with Crippen molar-refractivity contribution in [2.24, 2.45) is 4.99 Å². The summed E-state index contributed by atoms with van der Waals surface area (Å²) in [5.41, 5.74) is 2.36. The van der Waals surface area contributed by atoms with Gasteiger partial charge in [0, 0.05) is 12.0 Å². The highest BCUT2D eigenvalue weighted by Crippen LogP contribution is 2.21. The van der Waals surface area contributed by atoms with Crippen LogP contribution in [0.4, 0.5) is 0 Å². The van der Waals surface area contributed by atoms with Gasteiger partial charge in [-0.1, -0.05) is 48.5 Å². The average Bonchev–Trinajstić information content (AvgIpc) is 2.82. The zero-order valence-corrected chi connectivity index (χ0v) is 11.0. The van der Waals surface area contributed by atoms with Gasteiger partial charge in [0.15, 0.2) is 0 Å². The molecule has 3 rings (SSSR count). The van der Waals surface area contributed by atoms with Crippen molar-refractivity contribution in [3.05, 3.63) is 71.8 Å². The van der Waals surface area contributed by atoms with Crippen molar-refractivity contribution in [1.82, 2.24) is 0 Å². The van der Waals surface area contributed by atoms with Crippen LogP contribution in [0, 0.1) is 0 Å². The molecular formula is C17H17NO. The molecule has 1 aliphatic rings. The van der Waals surface area contributed by atoms with Crippen molar-refractivity contribution < 1.29 is 4.74 Å². The first kappa shape index (κ1) is 12.0. The highest BCUT2D eigenvalue weighted by atomic mass is 16.5. The Morgan fingerprint density at radius 3 is 2.26 bits per heavy atom. The molecular weight excluding hydrogens is 234 g/mol. The summed E-state index contributed by atoms with van der Waals surface area (Å²) < 4.78 is 6.01. The molecule has 2 nitrogen and oxygen atoms in total. The summed E-state index contributed by atoms with van der Waals surface area (Å²) in [5.74, 6) is 0.772. The molecule has 0 saturated carbocycles. The number of aliphatic imine (C=N–C) groups is 1. The molecule has 0 spiro atoms. The van der Waals surface area contributed by atoms with Crippen LogP contribution in [-0.4, -0.2) is 18.0 Å². The van der Waals surface area contributed by atoms with Crippen LogP contribution in [0.25, 0.3) is 0 Å². The first-order valence-corrected chi connectivity index (χ1v) is 6.67. The van der Waals surface area contributed by atoms with Crippen LogP contribution in [0.15, 0.2) is 65.7 Å². The van der Waals surface area contributed by atoms with Crippen molar-refractivity contribution in [3.8, 4) is 0 Å². The van der Waals surface area contributed by atoms with Gasteiger partial charge in [0.1, 0.15) is 6.10 Å². The molecule has 0 aromatic heterocycles. The van der Waals surface area contributed by atoms with Crippen molar-refractivity contribution in [2.45, 2.75) is 25.5 Å². The maximum atomic E-state index is 6.01. The second-order valence-corrected chi connectivity index (χ2v) is 4.89. The number of hydrogen-bond acceptors (Lipinski definition) is 2. The Kier molecular flexibility index (Phi) is 3.32. The summed E-state index contributed by atoms with van der Waals surface area (Å²) in [6.07, 6.45) is 1.04. The largest absolute Gasteiger partial charge is 0.472 e. The Morgan fingerprint density at radius 2 is 1.58 bits per heavy atom. The first-order chi connectivity index (χ1) is 9.33. The van der Waals surface area contributed by atoms with Crippen LogP contribution >= 0.6 is 0 Å². The number of ether oxygens (including phenoxy) is 1. The van der Waals surface area contributed by atoms with E-state index in [0.29, 0.717) is 0 Å². The van der Waals surface area contributed by atoms with E-state index in [1.165, 1.54) is 5.56 Å². The Labute approximate surface area is 113 Å². The van der Waals surface area contributed by atoms with Gasteiger partial charge in [0.2, 0.25) is 5.90 Å². The van der Waals surface area contributed by atoms with E-state index in [1.54, 1.807) is 0 Å². The number of benzene rings is 2. The molecule has 96 valence electrons. The second kappa shape index (κ2) is 5.27. The normalized spacial score (nSPS) is 21.8. The summed E-state index contributed by atoms with van der Waals surface area (Å²) in [7, 11) is 0. The third kappa shape index (κ3) is 2.68. The van der Waals surface area contributed by atoms with Gasteiger partial charge in [0.25, 0.3) is 0 Å². The van der Waals surface area contributed by atoms with E-state index >= 15 is 0 Å². The Balaban J connectivity index is 1.72. The number of nitrogens with zero attached hydrogens (tertiary/aromatic N) is 1. The lowest BCUT2D eigenvalue weighted by atomic mass is 10.0. The smallest absolute Gasteiger partial charge is 0.216 e. The molecule has 0 unspecified atom stereocenters. The quantitative estimate of drug-likeness (QED) is 0.818. The topological polar surface area (TPSA) is 21.6 Å². The van der Waals surface area contributed by atoms with E-state index in [4.69, 9.17) is 4.74 Å². The number of hydrogen-bond donors (Lipinski definition) is 0. The van der Waals surface area contributed by atoms with Crippen LogP contribution in [0.3, 0.4) is 0 Å². The lowest BCUT2D eigenvalue weighted by Gasteiger charge is -2.14. The third-order valence-electron chi connectivity index (χ3n) is 3.42. The fourth-order valence-electron chi connectivity index (χ4n) is 2.32. The van der Waals surface area contributed by atoms with Crippen LogP contribution in [0.5, 0.6) is 0 Å². The molecule has 1 heterocycles. The molecule has 0 aliphatic carbocycles. The van der Waals surface area contributed by atoms with Crippen molar-refractivity contribution in [1.29, 1.82) is 0 Å². The molecule has 0 amide bonds. The summed E-state index contributed by atoms with van der Waals surface area (Å²) in [5, 5.41) is 0. The fourth-order valence-corrected chi connectivity index (χ4v) is 2.32. The van der Waals surface area contributed by atoms with Gasteiger partial charge in [-0.3, -0.25) is 0 Å². The highest BCUT2D eigenvalue weighted by molar-refractivity contribution is 5.95. The Hall–Kier alpha value is -2.09. The van der Waals surface area contributed by atoms with E-state index in [9.17, 15) is 0 Å². The summed E-state index contributed by atoms with van der Waals surface area (Å²) >= 11 is 0. The molecule has 1 aliphatic heterocycles. The van der Waals surface area contributed by atoms with Crippen LogP contribution in [-0.2, 0) is 11.2 Å². The van der Waals surface area contributed by atoms with Crippen LogP contribution < -0.4 is 0 Å². The molecule has 2 heteroatoms. The van der Waals surface area contributed by atoms with Gasteiger partial charge < -0.3 is 4.74 Å². The van der Waals surface area contributed by atoms with E-state index in [1.807, 2.05) is 36.4 Å². The van der Waals surface area contributed by atoms with Gasteiger partial charge in [-0.25, -0.2) is 4.99 Å². The van der Waals surface area contributed by atoms with Crippen LogP contribution in [0.1, 0.15) is 18.1 Å². The minimum absolute atomic E-state index is 0.137. The Morgan fingerprint density at radius 1 is 0.947 bits per heavy atom. The lowest BCUT2D eigenvalue weighted by molar-refractivity contribution is 0.198. The van der Waals surface area contributed by atoms with Crippen LogP contribution in [0.2, 0.25) is 0 Å². The number of rotatable bonds is 3. The zero-order valence-electron chi connectivity index (χ0n) is 11.0. The Bertz CT molecular complexity index is 562. The summed E-state index contributed by atoms with van der Waals surface area (Å²) in [6.45, 7) is 2.11. The zero-order chi connectivity index (χ0) is 13.1. The molecule has 0 saturated heterocycles. The van der Waals surface area contributed by atoms with Gasteiger partial charge in [-0.15, -0.1) is 0 Å². The second-order valence-electron chi connectivity index (χ2n) is 4.89. The maximum absolute atomic E-state index is 6.01. The van der Waals surface area contributed by atoms with Gasteiger partial charge >= 0.3 is 0 Å². The minimum Gasteiger partial charge on any atom is -0.472 e. The van der Waals surface area contributed by atoms with Gasteiger partial charge in [0.05, 0.1) is 6.04 Å². The summed E-state index contributed by atoms with van der Waals surface area (Å²) in [6, 6.07) is 20.7. The molecule has 2 aromatic carbocycles. The highest BCUT2D eigenvalue weighted by Gasteiger charge is 2.28. The van der Waals surface area contributed by atoms with Gasteiger partial charge in [-0.05, 0) is 24.6 Å². The van der Waals surface area contributed by atoms with E-state index in [2.05, 4.69) is 36.2 Å². The molecule has 2 atom stereocenters. The van der Waals surface area contributed by atoms with Crippen molar-refractivity contribution in [2.75, 3.05) is 0 Å². The SMILES string of the molecule is C[C@@H]1N=C(c2ccccc2)O[C@H]1Cc1ccccc1. The summed E-state index contributed by atoms with van der Waals surface area (Å²) in [4.78, 5) is 4.63. The van der Waals surface area contributed by atoms with E-state index in [0.717, 1.165) is 17.9 Å². The molecule has 0 fully saturated rings. The first-order valence-electron chi connectivity index (χ1n) is 6.67. The monoisotopic (exact) mass is 251 g/mol. The predicted octanol–water partition coefficient (Wildman–Crippen LogP) is 3.46.